The number of hydrogen-bond acceptors (Lipinski definition) is 5. The van der Waals surface area contributed by atoms with Crippen LogP contribution in [0.4, 0.5) is 10.5 Å². The Hall–Kier alpha value is -3.19. The zero-order valence-corrected chi connectivity index (χ0v) is 15.2. The SMILES string of the molecule is CN1C(=O)/C(=C2/SC(=O)N(CC(=O)c3ccccc3)C2=O)c2ccccc21. The summed E-state index contributed by atoms with van der Waals surface area (Å²) in [5.41, 5.74) is 1.94. The second-order valence-corrected chi connectivity index (χ2v) is 7.10. The number of benzene rings is 2. The van der Waals surface area contributed by atoms with Crippen LogP contribution in [0.5, 0.6) is 0 Å². The number of imide groups is 1. The number of amides is 3. The molecule has 2 aliphatic heterocycles. The fourth-order valence-electron chi connectivity index (χ4n) is 3.13. The molecule has 134 valence electrons. The summed E-state index contributed by atoms with van der Waals surface area (Å²) in [7, 11) is 1.62. The molecule has 0 N–H and O–H groups in total. The van der Waals surface area contributed by atoms with E-state index in [1.165, 1.54) is 4.90 Å². The minimum atomic E-state index is -0.609. The van der Waals surface area contributed by atoms with Crippen LogP contribution in [0.2, 0.25) is 0 Å². The normalized spacial score (nSPS) is 19.1. The number of ketones is 1. The number of likely N-dealkylation sites (N-methyl/N-ethyl adjacent to an activating group) is 1. The van der Waals surface area contributed by atoms with Crippen molar-refractivity contribution < 1.29 is 19.2 Å². The molecule has 1 saturated heterocycles. The largest absolute Gasteiger partial charge is 0.311 e. The maximum absolute atomic E-state index is 12.8. The van der Waals surface area contributed by atoms with Gasteiger partial charge in [0.1, 0.15) is 0 Å². The summed E-state index contributed by atoms with van der Waals surface area (Å²) >= 11 is 0.703. The third kappa shape index (κ3) is 2.76. The molecule has 3 amide bonds. The monoisotopic (exact) mass is 378 g/mol. The summed E-state index contributed by atoms with van der Waals surface area (Å²) < 4.78 is 0. The average molecular weight is 378 g/mol. The van der Waals surface area contributed by atoms with Crippen molar-refractivity contribution in [2.45, 2.75) is 0 Å². The molecular formula is C20H14N2O4S. The van der Waals surface area contributed by atoms with Gasteiger partial charge in [0.05, 0.1) is 22.7 Å². The van der Waals surface area contributed by atoms with E-state index >= 15 is 0 Å². The summed E-state index contributed by atoms with van der Waals surface area (Å²) in [5.74, 6) is -1.28. The highest BCUT2D eigenvalue weighted by atomic mass is 32.2. The molecule has 0 bridgehead atoms. The van der Waals surface area contributed by atoms with Crippen molar-refractivity contribution in [3.63, 3.8) is 0 Å². The van der Waals surface area contributed by atoms with Crippen LogP contribution in [0.25, 0.3) is 5.57 Å². The molecule has 0 atom stereocenters. The van der Waals surface area contributed by atoms with E-state index in [1.54, 1.807) is 61.6 Å². The van der Waals surface area contributed by atoms with Crippen molar-refractivity contribution in [1.82, 2.24) is 4.90 Å². The molecule has 6 nitrogen and oxygen atoms in total. The van der Waals surface area contributed by atoms with E-state index in [4.69, 9.17) is 0 Å². The molecule has 0 unspecified atom stereocenters. The Balaban J connectivity index is 1.69. The van der Waals surface area contributed by atoms with Crippen molar-refractivity contribution in [2.75, 3.05) is 18.5 Å². The number of carbonyl (C=O) groups is 4. The molecular weight excluding hydrogens is 364 g/mol. The van der Waals surface area contributed by atoms with Crippen molar-refractivity contribution in [1.29, 1.82) is 0 Å². The molecule has 7 heteroatoms. The van der Waals surface area contributed by atoms with Gasteiger partial charge in [0.2, 0.25) is 0 Å². The lowest BCUT2D eigenvalue weighted by molar-refractivity contribution is -0.122. The van der Waals surface area contributed by atoms with Gasteiger partial charge in [0.25, 0.3) is 17.1 Å². The third-order valence-electron chi connectivity index (χ3n) is 4.53. The fourth-order valence-corrected chi connectivity index (χ4v) is 4.06. The van der Waals surface area contributed by atoms with Crippen LogP contribution in [-0.2, 0) is 9.59 Å². The van der Waals surface area contributed by atoms with E-state index in [0.717, 1.165) is 4.90 Å². The van der Waals surface area contributed by atoms with Crippen molar-refractivity contribution in [3.05, 3.63) is 70.6 Å². The third-order valence-corrected chi connectivity index (χ3v) is 5.50. The average Bonchev–Trinajstić information content (AvgIpc) is 3.10. The molecule has 4 rings (SSSR count). The lowest BCUT2D eigenvalue weighted by Crippen LogP contribution is -2.34. The first-order valence-electron chi connectivity index (χ1n) is 8.22. The summed E-state index contributed by atoms with van der Waals surface area (Å²) in [5, 5.41) is -0.549. The highest BCUT2D eigenvalue weighted by Crippen LogP contribution is 2.43. The first-order chi connectivity index (χ1) is 13.0. The van der Waals surface area contributed by atoms with Gasteiger partial charge >= 0.3 is 0 Å². The predicted molar refractivity (Wildman–Crippen MR) is 102 cm³/mol. The number of hydrogen-bond donors (Lipinski definition) is 0. The molecule has 0 radical (unpaired) electrons. The first-order valence-corrected chi connectivity index (χ1v) is 9.04. The molecule has 1 fully saturated rings. The fraction of sp³-hybridized carbons (Fsp3) is 0.100. The Kier molecular flexibility index (Phi) is 4.16. The summed E-state index contributed by atoms with van der Waals surface area (Å²) in [6, 6.07) is 15.6. The number of nitrogens with zero attached hydrogens (tertiary/aromatic N) is 2. The molecule has 2 aromatic rings. The van der Waals surface area contributed by atoms with Gasteiger partial charge in [0.15, 0.2) is 5.78 Å². The van der Waals surface area contributed by atoms with Crippen LogP contribution >= 0.6 is 11.8 Å². The number of thioether (sulfide) groups is 1. The summed E-state index contributed by atoms with van der Waals surface area (Å²) in [6.45, 7) is -0.350. The number of carbonyl (C=O) groups excluding carboxylic acids is 4. The molecule has 2 aromatic carbocycles. The van der Waals surface area contributed by atoms with Gasteiger partial charge in [-0.05, 0) is 17.8 Å². The second kappa shape index (κ2) is 6.51. The smallest absolute Gasteiger partial charge is 0.294 e. The van der Waals surface area contributed by atoms with Gasteiger partial charge in [-0.3, -0.25) is 24.1 Å². The first kappa shape index (κ1) is 17.2. The van der Waals surface area contributed by atoms with Crippen molar-refractivity contribution in [3.8, 4) is 0 Å². The molecule has 27 heavy (non-hydrogen) atoms. The minimum absolute atomic E-state index is 0.0719. The van der Waals surface area contributed by atoms with E-state index < -0.39 is 11.1 Å². The van der Waals surface area contributed by atoms with Gasteiger partial charge in [-0.15, -0.1) is 0 Å². The number of anilines is 1. The van der Waals surface area contributed by atoms with Gasteiger partial charge in [0, 0.05) is 18.2 Å². The highest BCUT2D eigenvalue weighted by molar-refractivity contribution is 8.18. The van der Waals surface area contributed by atoms with Crippen molar-refractivity contribution in [2.24, 2.45) is 0 Å². The highest BCUT2D eigenvalue weighted by Gasteiger charge is 2.43. The lowest BCUT2D eigenvalue weighted by atomic mass is 10.1. The maximum Gasteiger partial charge on any atom is 0.294 e. The van der Waals surface area contributed by atoms with Gasteiger partial charge in [-0.2, -0.15) is 0 Å². The summed E-state index contributed by atoms with van der Waals surface area (Å²) in [6.07, 6.45) is 0. The molecule has 0 aliphatic carbocycles. The maximum atomic E-state index is 12.8. The van der Waals surface area contributed by atoms with E-state index in [9.17, 15) is 19.2 Å². The Bertz CT molecular complexity index is 1030. The predicted octanol–water partition coefficient (Wildman–Crippen LogP) is 2.95. The minimum Gasteiger partial charge on any atom is -0.311 e. The number of Topliss-reactive ketones (excluding diaryl/α,β-unsaturated/α-hetero) is 1. The second-order valence-electron chi connectivity index (χ2n) is 6.13. The van der Waals surface area contributed by atoms with Crippen LogP contribution in [0.3, 0.4) is 0 Å². The Morgan fingerprint density at radius 1 is 0.926 bits per heavy atom. The zero-order valence-electron chi connectivity index (χ0n) is 14.3. The van der Waals surface area contributed by atoms with Crippen LogP contribution in [0.1, 0.15) is 15.9 Å². The Morgan fingerprint density at radius 3 is 2.33 bits per heavy atom. The van der Waals surface area contributed by atoms with Gasteiger partial charge < -0.3 is 4.90 Å². The van der Waals surface area contributed by atoms with Crippen LogP contribution < -0.4 is 4.90 Å². The number of rotatable bonds is 3. The van der Waals surface area contributed by atoms with E-state index in [-0.39, 0.29) is 28.7 Å². The molecule has 2 aliphatic rings. The van der Waals surface area contributed by atoms with Crippen LogP contribution in [0.15, 0.2) is 59.5 Å². The Morgan fingerprint density at radius 2 is 1.59 bits per heavy atom. The topological polar surface area (TPSA) is 74.8 Å². The summed E-state index contributed by atoms with van der Waals surface area (Å²) in [4.78, 5) is 52.7. The molecule has 0 aromatic heterocycles. The standard InChI is InChI=1S/C20H14N2O4S/c1-21-14-10-6-5-9-13(14)16(18(21)24)17-19(25)22(20(26)27-17)11-15(23)12-7-3-2-4-8-12/h2-10H,11H2,1H3/b17-16+. The number of para-hydroxylation sites is 1. The van der Waals surface area contributed by atoms with Gasteiger partial charge in [-0.25, -0.2) is 0 Å². The zero-order chi connectivity index (χ0) is 19.1. The van der Waals surface area contributed by atoms with Gasteiger partial charge in [-0.1, -0.05) is 48.5 Å². The quantitative estimate of drug-likeness (QED) is 0.606. The molecule has 0 spiro atoms. The van der Waals surface area contributed by atoms with E-state index in [0.29, 0.717) is 28.6 Å². The molecule has 0 saturated carbocycles. The molecule has 2 heterocycles. The number of fused-ring (bicyclic) bond motifs is 1. The van der Waals surface area contributed by atoms with Crippen LogP contribution in [-0.4, -0.2) is 41.3 Å². The van der Waals surface area contributed by atoms with Crippen molar-refractivity contribution >= 4 is 45.9 Å². The lowest BCUT2D eigenvalue weighted by Gasteiger charge is -2.11. The van der Waals surface area contributed by atoms with E-state index in [1.807, 2.05) is 0 Å². The van der Waals surface area contributed by atoms with E-state index in [2.05, 4.69) is 0 Å². The Labute approximate surface area is 159 Å². The van der Waals surface area contributed by atoms with Crippen LogP contribution in [0, 0.1) is 0 Å².